The number of hydrogen-bond donors (Lipinski definition) is 0. The molecule has 0 aliphatic carbocycles. The first-order valence-corrected chi connectivity index (χ1v) is 7.92. The highest BCUT2D eigenvalue weighted by molar-refractivity contribution is 5.64. The SMILES string of the molecule is c1ccc(Cc2ncoc2-c2ccccc2Cn2cccn2)cc1. The Kier molecular flexibility index (Phi) is 3.94. The molecule has 0 radical (unpaired) electrons. The third-order valence-corrected chi connectivity index (χ3v) is 4.01. The molecule has 0 bridgehead atoms. The predicted octanol–water partition coefficient (Wildman–Crippen LogP) is 4.18. The van der Waals surface area contributed by atoms with Crippen molar-refractivity contribution in [2.75, 3.05) is 0 Å². The molecule has 4 nitrogen and oxygen atoms in total. The van der Waals surface area contributed by atoms with Gasteiger partial charge in [-0.2, -0.15) is 5.10 Å². The van der Waals surface area contributed by atoms with Gasteiger partial charge in [0.1, 0.15) is 0 Å². The molecule has 4 rings (SSSR count). The molecular weight excluding hydrogens is 298 g/mol. The standard InChI is InChI=1S/C20H17N3O/c1-2-7-16(8-3-1)13-19-20(24-15-21-19)18-10-5-4-9-17(18)14-23-12-6-11-22-23/h1-12,15H,13-14H2. The summed E-state index contributed by atoms with van der Waals surface area (Å²) in [5, 5.41) is 4.29. The smallest absolute Gasteiger partial charge is 0.181 e. The Labute approximate surface area is 140 Å². The topological polar surface area (TPSA) is 43.9 Å². The van der Waals surface area contributed by atoms with Crippen molar-refractivity contribution in [1.29, 1.82) is 0 Å². The second-order valence-electron chi connectivity index (χ2n) is 5.65. The Bertz CT molecular complexity index is 911. The first-order valence-electron chi connectivity index (χ1n) is 7.92. The third kappa shape index (κ3) is 2.99. The van der Waals surface area contributed by atoms with E-state index in [0.29, 0.717) is 6.54 Å². The van der Waals surface area contributed by atoms with E-state index in [0.717, 1.165) is 29.0 Å². The van der Waals surface area contributed by atoms with Crippen molar-refractivity contribution in [3.63, 3.8) is 0 Å². The van der Waals surface area contributed by atoms with E-state index < -0.39 is 0 Å². The minimum Gasteiger partial charge on any atom is -0.443 e. The van der Waals surface area contributed by atoms with Gasteiger partial charge in [-0.1, -0.05) is 54.6 Å². The molecule has 0 aliphatic rings. The zero-order valence-electron chi connectivity index (χ0n) is 13.2. The van der Waals surface area contributed by atoms with Crippen molar-refractivity contribution < 1.29 is 4.42 Å². The van der Waals surface area contributed by atoms with Crippen LogP contribution in [0.15, 0.2) is 83.9 Å². The van der Waals surface area contributed by atoms with Crippen LogP contribution in [0.3, 0.4) is 0 Å². The van der Waals surface area contributed by atoms with Crippen LogP contribution >= 0.6 is 0 Å². The highest BCUT2D eigenvalue weighted by Crippen LogP contribution is 2.28. The minimum absolute atomic E-state index is 0.703. The van der Waals surface area contributed by atoms with Crippen molar-refractivity contribution in [1.82, 2.24) is 14.8 Å². The lowest BCUT2D eigenvalue weighted by Crippen LogP contribution is -2.02. The molecule has 0 saturated heterocycles. The third-order valence-electron chi connectivity index (χ3n) is 4.01. The van der Waals surface area contributed by atoms with E-state index in [1.54, 1.807) is 6.20 Å². The monoisotopic (exact) mass is 315 g/mol. The Morgan fingerprint density at radius 1 is 0.917 bits per heavy atom. The van der Waals surface area contributed by atoms with Gasteiger partial charge in [-0.3, -0.25) is 4.68 Å². The molecule has 0 saturated carbocycles. The van der Waals surface area contributed by atoms with Gasteiger partial charge in [-0.05, 0) is 17.2 Å². The van der Waals surface area contributed by atoms with Gasteiger partial charge in [0.05, 0.1) is 12.2 Å². The average molecular weight is 315 g/mol. The van der Waals surface area contributed by atoms with Gasteiger partial charge in [0.15, 0.2) is 12.2 Å². The molecule has 0 atom stereocenters. The van der Waals surface area contributed by atoms with Crippen LogP contribution < -0.4 is 0 Å². The maximum atomic E-state index is 5.74. The predicted molar refractivity (Wildman–Crippen MR) is 92.5 cm³/mol. The summed E-state index contributed by atoms with van der Waals surface area (Å²) in [4.78, 5) is 4.44. The molecular formula is C20H17N3O. The van der Waals surface area contributed by atoms with E-state index in [2.05, 4.69) is 34.3 Å². The molecule has 2 aromatic heterocycles. The first-order chi connectivity index (χ1) is 11.9. The number of benzene rings is 2. The van der Waals surface area contributed by atoms with Crippen LogP contribution in [-0.2, 0) is 13.0 Å². The molecule has 0 amide bonds. The summed E-state index contributed by atoms with van der Waals surface area (Å²) in [6, 6.07) is 20.5. The van der Waals surface area contributed by atoms with Crippen LogP contribution in [-0.4, -0.2) is 14.8 Å². The number of hydrogen-bond acceptors (Lipinski definition) is 3. The van der Waals surface area contributed by atoms with Gasteiger partial charge in [-0.15, -0.1) is 0 Å². The van der Waals surface area contributed by atoms with Gasteiger partial charge in [-0.25, -0.2) is 4.98 Å². The normalized spacial score (nSPS) is 10.8. The lowest BCUT2D eigenvalue weighted by molar-refractivity contribution is 0.569. The second-order valence-corrected chi connectivity index (χ2v) is 5.65. The van der Waals surface area contributed by atoms with Crippen LogP contribution in [0.5, 0.6) is 0 Å². The summed E-state index contributed by atoms with van der Waals surface area (Å²) in [5.74, 6) is 0.835. The second kappa shape index (κ2) is 6.54. The molecule has 2 heterocycles. The van der Waals surface area contributed by atoms with Crippen molar-refractivity contribution in [2.24, 2.45) is 0 Å². The summed E-state index contributed by atoms with van der Waals surface area (Å²) in [7, 11) is 0. The van der Waals surface area contributed by atoms with E-state index >= 15 is 0 Å². The molecule has 4 aromatic rings. The number of rotatable bonds is 5. The molecule has 0 fully saturated rings. The van der Waals surface area contributed by atoms with Crippen LogP contribution in [0.25, 0.3) is 11.3 Å². The lowest BCUT2D eigenvalue weighted by atomic mass is 10.0. The Morgan fingerprint density at radius 3 is 2.58 bits per heavy atom. The summed E-state index contributed by atoms with van der Waals surface area (Å²) in [5.41, 5.74) is 4.40. The van der Waals surface area contributed by atoms with Gasteiger partial charge in [0, 0.05) is 24.4 Å². The zero-order chi connectivity index (χ0) is 16.2. The van der Waals surface area contributed by atoms with E-state index in [-0.39, 0.29) is 0 Å². The van der Waals surface area contributed by atoms with Gasteiger partial charge in [0.2, 0.25) is 0 Å². The molecule has 0 N–H and O–H groups in total. The quantitative estimate of drug-likeness (QED) is 0.555. The summed E-state index contributed by atoms with van der Waals surface area (Å²) < 4.78 is 7.65. The molecule has 0 spiro atoms. The van der Waals surface area contributed by atoms with Crippen molar-refractivity contribution in [2.45, 2.75) is 13.0 Å². The largest absolute Gasteiger partial charge is 0.443 e. The van der Waals surface area contributed by atoms with E-state index in [9.17, 15) is 0 Å². The van der Waals surface area contributed by atoms with E-state index in [1.165, 1.54) is 12.0 Å². The Hall–Kier alpha value is -3.14. The van der Waals surface area contributed by atoms with Crippen molar-refractivity contribution >= 4 is 0 Å². The summed E-state index contributed by atoms with van der Waals surface area (Å²) >= 11 is 0. The Balaban J connectivity index is 1.69. The molecule has 0 unspecified atom stereocenters. The van der Waals surface area contributed by atoms with Gasteiger partial charge >= 0.3 is 0 Å². The van der Waals surface area contributed by atoms with Crippen molar-refractivity contribution in [3.05, 3.63) is 96.3 Å². The van der Waals surface area contributed by atoms with E-state index in [4.69, 9.17) is 4.42 Å². The summed E-state index contributed by atoms with van der Waals surface area (Å²) in [6.07, 6.45) is 6.03. The summed E-state index contributed by atoms with van der Waals surface area (Å²) in [6.45, 7) is 0.703. The maximum Gasteiger partial charge on any atom is 0.181 e. The van der Waals surface area contributed by atoms with Gasteiger partial charge < -0.3 is 4.42 Å². The highest BCUT2D eigenvalue weighted by Gasteiger charge is 2.15. The molecule has 2 aromatic carbocycles. The minimum atomic E-state index is 0.703. The zero-order valence-corrected chi connectivity index (χ0v) is 13.2. The van der Waals surface area contributed by atoms with Crippen LogP contribution in [0, 0.1) is 0 Å². The molecule has 0 aliphatic heterocycles. The average Bonchev–Trinajstić information content (AvgIpc) is 3.28. The van der Waals surface area contributed by atoms with Crippen LogP contribution in [0.2, 0.25) is 0 Å². The fraction of sp³-hybridized carbons (Fsp3) is 0.100. The molecule has 118 valence electrons. The van der Waals surface area contributed by atoms with E-state index in [1.807, 2.05) is 47.3 Å². The van der Waals surface area contributed by atoms with Crippen LogP contribution in [0.4, 0.5) is 0 Å². The number of aromatic nitrogens is 3. The number of nitrogens with zero attached hydrogens (tertiary/aromatic N) is 3. The van der Waals surface area contributed by atoms with Crippen LogP contribution in [0.1, 0.15) is 16.8 Å². The van der Waals surface area contributed by atoms with Gasteiger partial charge in [0.25, 0.3) is 0 Å². The lowest BCUT2D eigenvalue weighted by Gasteiger charge is -2.09. The molecule has 24 heavy (non-hydrogen) atoms. The fourth-order valence-corrected chi connectivity index (χ4v) is 2.85. The Morgan fingerprint density at radius 2 is 1.75 bits per heavy atom. The maximum absolute atomic E-state index is 5.74. The highest BCUT2D eigenvalue weighted by atomic mass is 16.3. The van der Waals surface area contributed by atoms with Crippen molar-refractivity contribution in [3.8, 4) is 11.3 Å². The molecule has 4 heteroatoms. The fourth-order valence-electron chi connectivity index (χ4n) is 2.85. The number of oxazole rings is 1. The first kappa shape index (κ1) is 14.5.